The zero-order chi connectivity index (χ0) is 24.5. The molecule has 0 aromatic carbocycles. The minimum Gasteiger partial charge on any atom is -0.481 e. The molecule has 0 fully saturated rings. The number of rotatable bonds is 13. The van der Waals surface area contributed by atoms with Crippen LogP contribution in [0.1, 0.15) is 47.5 Å². The van der Waals surface area contributed by atoms with Gasteiger partial charge in [0.15, 0.2) is 0 Å². The topological polar surface area (TPSA) is 208 Å². The Kier molecular flexibility index (Phi) is 11.7. The van der Waals surface area contributed by atoms with Crippen molar-refractivity contribution in [1.82, 2.24) is 16.0 Å². The minimum absolute atomic E-state index is 0.217. The van der Waals surface area contributed by atoms with Crippen molar-refractivity contribution >= 4 is 29.7 Å². The number of hydrogen-bond donors (Lipinski definition) is 7. The number of amides is 3. The van der Waals surface area contributed by atoms with Crippen molar-refractivity contribution in [2.75, 3.05) is 0 Å². The molecular formula is C19H34N4O8. The van der Waals surface area contributed by atoms with Gasteiger partial charge in [-0.3, -0.25) is 19.2 Å². The highest BCUT2D eigenvalue weighted by atomic mass is 16.4. The number of carbonyl (C=O) groups is 5. The zero-order valence-corrected chi connectivity index (χ0v) is 18.4. The summed E-state index contributed by atoms with van der Waals surface area (Å²) in [5.41, 5.74) is 5.75. The van der Waals surface area contributed by atoms with Gasteiger partial charge in [0.1, 0.15) is 18.1 Å². The molecule has 0 aliphatic rings. The molecule has 0 aliphatic heterocycles. The van der Waals surface area contributed by atoms with Gasteiger partial charge in [-0.2, -0.15) is 0 Å². The maximum absolute atomic E-state index is 12.7. The molecule has 0 rings (SSSR count). The van der Waals surface area contributed by atoms with E-state index in [1.165, 1.54) is 6.92 Å². The largest absolute Gasteiger partial charge is 0.481 e. The van der Waals surface area contributed by atoms with E-state index in [2.05, 4.69) is 16.0 Å². The number of carboxylic acid groups (broad SMARTS) is 2. The average molecular weight is 447 g/mol. The minimum atomic E-state index is -1.46. The lowest BCUT2D eigenvalue weighted by Gasteiger charge is -2.28. The monoisotopic (exact) mass is 446 g/mol. The summed E-state index contributed by atoms with van der Waals surface area (Å²) in [5.74, 6) is -5.68. The number of carbonyl (C=O) groups excluding carboxylic acids is 3. The third-order valence-electron chi connectivity index (χ3n) is 4.59. The lowest BCUT2D eigenvalue weighted by Crippen LogP contribution is -2.61. The van der Waals surface area contributed by atoms with Crippen LogP contribution in [0.3, 0.4) is 0 Å². The molecule has 8 N–H and O–H groups in total. The molecule has 31 heavy (non-hydrogen) atoms. The van der Waals surface area contributed by atoms with Crippen molar-refractivity contribution in [3.8, 4) is 0 Å². The predicted molar refractivity (Wildman–Crippen MR) is 110 cm³/mol. The summed E-state index contributed by atoms with van der Waals surface area (Å²) >= 11 is 0. The Bertz CT molecular complexity index is 665. The van der Waals surface area contributed by atoms with Crippen LogP contribution in [0.15, 0.2) is 0 Å². The Morgan fingerprint density at radius 3 is 1.65 bits per heavy atom. The van der Waals surface area contributed by atoms with Gasteiger partial charge in [0, 0.05) is 6.42 Å². The van der Waals surface area contributed by atoms with Gasteiger partial charge in [0.25, 0.3) is 0 Å². The summed E-state index contributed by atoms with van der Waals surface area (Å²) in [6.45, 7) is 7.90. The summed E-state index contributed by atoms with van der Waals surface area (Å²) in [6.07, 6.45) is -2.11. The predicted octanol–water partition coefficient (Wildman–Crippen LogP) is -1.59. The second-order valence-corrected chi connectivity index (χ2v) is 8.06. The van der Waals surface area contributed by atoms with E-state index in [9.17, 15) is 34.2 Å². The van der Waals surface area contributed by atoms with Gasteiger partial charge in [0.2, 0.25) is 17.7 Å². The van der Waals surface area contributed by atoms with Crippen LogP contribution in [0.5, 0.6) is 0 Å². The second kappa shape index (κ2) is 12.8. The van der Waals surface area contributed by atoms with Gasteiger partial charge in [-0.1, -0.05) is 27.7 Å². The van der Waals surface area contributed by atoms with Crippen LogP contribution in [0.4, 0.5) is 0 Å². The number of aliphatic carboxylic acids is 2. The smallest absolute Gasteiger partial charge is 0.326 e. The van der Waals surface area contributed by atoms with Crippen molar-refractivity contribution in [3.05, 3.63) is 0 Å². The van der Waals surface area contributed by atoms with Crippen molar-refractivity contribution in [1.29, 1.82) is 0 Å². The van der Waals surface area contributed by atoms with Gasteiger partial charge in [-0.05, 0) is 25.2 Å². The first-order valence-corrected chi connectivity index (χ1v) is 9.98. The van der Waals surface area contributed by atoms with Crippen molar-refractivity contribution < 1.29 is 39.3 Å². The highest BCUT2D eigenvalue weighted by molar-refractivity contribution is 5.94. The lowest BCUT2D eigenvalue weighted by molar-refractivity contribution is -0.143. The third kappa shape index (κ3) is 9.75. The molecule has 0 spiro atoms. The molecule has 12 heteroatoms. The first-order valence-electron chi connectivity index (χ1n) is 9.98. The molecule has 0 heterocycles. The highest BCUT2D eigenvalue weighted by Crippen LogP contribution is 2.07. The van der Waals surface area contributed by atoms with E-state index in [0.29, 0.717) is 0 Å². The molecule has 0 aromatic rings. The number of nitrogens with two attached hydrogens (primary N) is 1. The molecule has 0 bridgehead atoms. The van der Waals surface area contributed by atoms with Gasteiger partial charge in [-0.25, -0.2) is 4.79 Å². The fourth-order valence-electron chi connectivity index (χ4n) is 2.52. The fourth-order valence-corrected chi connectivity index (χ4v) is 2.52. The maximum atomic E-state index is 12.7. The SMILES string of the molecule is CC(C)C(N)C(=O)NC(C(=O)NC(C(=O)NC(CCC(=O)O)C(=O)O)C(C)C)C(C)O. The van der Waals surface area contributed by atoms with Gasteiger partial charge in [-0.15, -0.1) is 0 Å². The average Bonchev–Trinajstić information content (AvgIpc) is 2.64. The first-order chi connectivity index (χ1) is 14.2. The van der Waals surface area contributed by atoms with Crippen LogP contribution in [0.25, 0.3) is 0 Å². The fraction of sp³-hybridized carbons (Fsp3) is 0.737. The third-order valence-corrected chi connectivity index (χ3v) is 4.59. The molecular weight excluding hydrogens is 412 g/mol. The van der Waals surface area contributed by atoms with Crippen LogP contribution in [0, 0.1) is 11.8 Å². The van der Waals surface area contributed by atoms with E-state index < -0.39 is 72.3 Å². The first kappa shape index (κ1) is 28.3. The molecule has 5 atom stereocenters. The van der Waals surface area contributed by atoms with Crippen LogP contribution >= 0.6 is 0 Å². The van der Waals surface area contributed by atoms with Crippen molar-refractivity contribution in [2.24, 2.45) is 17.6 Å². The molecule has 0 saturated heterocycles. The van der Waals surface area contributed by atoms with Crippen LogP contribution in [-0.2, 0) is 24.0 Å². The molecule has 12 nitrogen and oxygen atoms in total. The van der Waals surface area contributed by atoms with Crippen LogP contribution in [-0.4, -0.2) is 75.3 Å². The van der Waals surface area contributed by atoms with E-state index in [-0.39, 0.29) is 12.3 Å². The molecule has 0 aliphatic carbocycles. The van der Waals surface area contributed by atoms with Crippen molar-refractivity contribution in [2.45, 2.75) is 77.7 Å². The summed E-state index contributed by atoms with van der Waals surface area (Å²) < 4.78 is 0. The summed E-state index contributed by atoms with van der Waals surface area (Å²) in [4.78, 5) is 59.4. The lowest BCUT2D eigenvalue weighted by atomic mass is 10.0. The summed E-state index contributed by atoms with van der Waals surface area (Å²) in [5, 5.41) is 34.8. The van der Waals surface area contributed by atoms with E-state index in [4.69, 9.17) is 10.8 Å². The Morgan fingerprint density at radius 2 is 1.26 bits per heavy atom. The van der Waals surface area contributed by atoms with Crippen molar-refractivity contribution in [3.63, 3.8) is 0 Å². The molecule has 178 valence electrons. The van der Waals surface area contributed by atoms with Gasteiger partial charge < -0.3 is 37.0 Å². The number of aliphatic hydroxyl groups is 1. The number of nitrogens with one attached hydrogen (secondary N) is 3. The Labute approximate surface area is 180 Å². The molecule has 3 amide bonds. The Balaban J connectivity index is 5.36. The van der Waals surface area contributed by atoms with E-state index in [0.717, 1.165) is 0 Å². The molecule has 0 saturated carbocycles. The quantitative estimate of drug-likeness (QED) is 0.174. The Morgan fingerprint density at radius 1 is 0.774 bits per heavy atom. The molecule has 5 unspecified atom stereocenters. The van der Waals surface area contributed by atoms with Crippen LogP contribution < -0.4 is 21.7 Å². The standard InChI is InChI=1S/C19H34N4O8/c1-8(2)13(20)16(27)23-15(10(5)24)18(29)22-14(9(3)4)17(28)21-11(19(30)31)6-7-12(25)26/h8-11,13-15,24H,6-7,20H2,1-5H3,(H,21,28)(H,22,29)(H,23,27)(H,25,26)(H,30,31). The number of hydrogen-bond acceptors (Lipinski definition) is 7. The zero-order valence-electron chi connectivity index (χ0n) is 18.4. The van der Waals surface area contributed by atoms with E-state index in [1.54, 1.807) is 27.7 Å². The summed E-state index contributed by atoms with van der Waals surface area (Å²) in [7, 11) is 0. The second-order valence-electron chi connectivity index (χ2n) is 8.06. The van der Waals surface area contributed by atoms with Crippen LogP contribution in [0.2, 0.25) is 0 Å². The highest BCUT2D eigenvalue weighted by Gasteiger charge is 2.34. The van der Waals surface area contributed by atoms with Gasteiger partial charge >= 0.3 is 11.9 Å². The number of aliphatic hydroxyl groups excluding tert-OH is 1. The normalized spacial score (nSPS) is 16.0. The van der Waals surface area contributed by atoms with E-state index in [1.807, 2.05) is 0 Å². The number of carboxylic acids is 2. The summed E-state index contributed by atoms with van der Waals surface area (Å²) in [6, 6.07) is -4.97. The Hall–Kier alpha value is -2.73. The molecule has 0 aromatic heterocycles. The molecule has 0 radical (unpaired) electrons. The maximum Gasteiger partial charge on any atom is 0.326 e. The van der Waals surface area contributed by atoms with E-state index >= 15 is 0 Å². The van der Waals surface area contributed by atoms with Gasteiger partial charge in [0.05, 0.1) is 12.1 Å².